The highest BCUT2D eigenvalue weighted by Gasteiger charge is 2.31. The Balaban J connectivity index is 1.55. The summed E-state index contributed by atoms with van der Waals surface area (Å²) < 4.78 is 16.0. The van der Waals surface area contributed by atoms with Crippen LogP contribution in [0.25, 0.3) is 11.5 Å². The van der Waals surface area contributed by atoms with E-state index in [4.69, 9.17) is 18.8 Å². The molecule has 7 heteroatoms. The molecule has 3 heterocycles. The normalized spacial score (nSPS) is 17.7. The molecule has 2 aromatic heterocycles. The lowest BCUT2D eigenvalue weighted by atomic mass is 10.1. The average Bonchev–Trinajstić information content (AvgIpc) is 3.36. The maximum Gasteiger partial charge on any atom is 0.226 e. The Morgan fingerprint density at radius 1 is 1.19 bits per heavy atom. The third-order valence-corrected chi connectivity index (χ3v) is 4.95. The van der Waals surface area contributed by atoms with E-state index in [-0.39, 0.29) is 6.04 Å². The zero-order valence-electron chi connectivity index (χ0n) is 15.2. The van der Waals surface area contributed by atoms with E-state index in [9.17, 15) is 0 Å². The van der Waals surface area contributed by atoms with Crippen molar-refractivity contribution in [3.63, 3.8) is 0 Å². The van der Waals surface area contributed by atoms with Crippen LogP contribution >= 0.6 is 0 Å². The Hall–Kier alpha value is -2.67. The fraction of sp³-hybridized carbons (Fsp3) is 0.421. The quantitative estimate of drug-likeness (QED) is 0.691. The Kier molecular flexibility index (Phi) is 4.46. The molecule has 7 nitrogen and oxygen atoms in total. The molecule has 1 saturated heterocycles. The number of aryl methyl sites for hydroxylation is 2. The van der Waals surface area contributed by atoms with Crippen LogP contribution in [-0.2, 0) is 6.54 Å². The number of ether oxygens (including phenoxy) is 1. The average molecular weight is 354 g/mol. The lowest BCUT2D eigenvalue weighted by Crippen LogP contribution is -2.24. The van der Waals surface area contributed by atoms with Crippen LogP contribution in [-0.4, -0.2) is 33.9 Å². The van der Waals surface area contributed by atoms with Crippen molar-refractivity contribution < 1.29 is 13.8 Å². The number of nitrogens with zero attached hydrogens (tertiary/aromatic N) is 4. The summed E-state index contributed by atoms with van der Waals surface area (Å²) in [6.45, 7) is 5.62. The fourth-order valence-electron chi connectivity index (χ4n) is 3.49. The van der Waals surface area contributed by atoms with Gasteiger partial charge in [-0.15, -0.1) is 0 Å². The Morgan fingerprint density at radius 3 is 2.69 bits per heavy atom. The highest BCUT2D eigenvalue weighted by molar-refractivity contribution is 5.55. The van der Waals surface area contributed by atoms with E-state index in [0.717, 1.165) is 60.1 Å². The molecular weight excluding hydrogens is 332 g/mol. The highest BCUT2D eigenvalue weighted by atomic mass is 16.6. The van der Waals surface area contributed by atoms with Crippen molar-refractivity contribution >= 4 is 0 Å². The van der Waals surface area contributed by atoms with Crippen LogP contribution in [0.15, 0.2) is 33.3 Å². The topological polar surface area (TPSA) is 77.4 Å². The summed E-state index contributed by atoms with van der Waals surface area (Å²) in [5.74, 6) is 2.29. The molecule has 0 amide bonds. The number of hydrogen-bond donors (Lipinski definition) is 0. The number of benzene rings is 1. The van der Waals surface area contributed by atoms with Gasteiger partial charge >= 0.3 is 0 Å². The molecule has 0 aliphatic carbocycles. The second kappa shape index (κ2) is 6.92. The van der Waals surface area contributed by atoms with Gasteiger partial charge in [0.25, 0.3) is 0 Å². The van der Waals surface area contributed by atoms with Crippen molar-refractivity contribution in [2.24, 2.45) is 0 Å². The standard InChI is InChI=1S/C19H22N4O3/c1-12-18(22-26-21-12)17-5-4-10-23(17)11-16-13(2)25-19(20-16)14-6-8-15(24-3)9-7-14/h6-9,17H,4-5,10-11H2,1-3H3. The Labute approximate surface area is 151 Å². The van der Waals surface area contributed by atoms with E-state index in [1.807, 2.05) is 38.1 Å². The molecule has 1 atom stereocenters. The Bertz CT molecular complexity index is 885. The molecular formula is C19H22N4O3. The summed E-state index contributed by atoms with van der Waals surface area (Å²) in [7, 11) is 1.65. The van der Waals surface area contributed by atoms with Crippen LogP contribution in [0.1, 0.15) is 41.7 Å². The van der Waals surface area contributed by atoms with Crippen molar-refractivity contribution in [3.8, 4) is 17.2 Å². The Morgan fingerprint density at radius 2 is 2.00 bits per heavy atom. The first-order valence-electron chi connectivity index (χ1n) is 8.79. The molecule has 0 spiro atoms. The van der Waals surface area contributed by atoms with Gasteiger partial charge in [-0.25, -0.2) is 9.61 Å². The van der Waals surface area contributed by atoms with E-state index < -0.39 is 0 Å². The molecule has 4 rings (SSSR count). The molecule has 0 bridgehead atoms. The van der Waals surface area contributed by atoms with Gasteiger partial charge in [0.2, 0.25) is 5.89 Å². The number of oxazole rings is 1. The van der Waals surface area contributed by atoms with E-state index >= 15 is 0 Å². The first-order valence-corrected chi connectivity index (χ1v) is 8.79. The maximum atomic E-state index is 5.91. The summed E-state index contributed by atoms with van der Waals surface area (Å²) >= 11 is 0. The lowest BCUT2D eigenvalue weighted by molar-refractivity contribution is 0.228. The maximum absolute atomic E-state index is 5.91. The first-order chi connectivity index (χ1) is 12.7. The second-order valence-corrected chi connectivity index (χ2v) is 6.61. The number of methoxy groups -OCH3 is 1. The summed E-state index contributed by atoms with van der Waals surface area (Å²) in [5.41, 5.74) is 3.68. The van der Waals surface area contributed by atoms with Crippen molar-refractivity contribution in [2.75, 3.05) is 13.7 Å². The summed E-state index contributed by atoms with van der Waals surface area (Å²) in [6.07, 6.45) is 2.18. The van der Waals surface area contributed by atoms with Gasteiger partial charge in [0, 0.05) is 12.1 Å². The number of aromatic nitrogens is 3. The van der Waals surface area contributed by atoms with E-state index in [2.05, 4.69) is 15.2 Å². The number of likely N-dealkylation sites (tertiary alicyclic amines) is 1. The minimum absolute atomic E-state index is 0.224. The molecule has 136 valence electrons. The van der Waals surface area contributed by atoms with Gasteiger partial charge in [0.05, 0.1) is 18.8 Å². The molecule has 0 saturated carbocycles. The molecule has 26 heavy (non-hydrogen) atoms. The van der Waals surface area contributed by atoms with Gasteiger partial charge in [-0.3, -0.25) is 4.90 Å². The first kappa shape index (κ1) is 16.8. The third kappa shape index (κ3) is 3.10. The number of hydrogen-bond acceptors (Lipinski definition) is 7. The van der Waals surface area contributed by atoms with Crippen molar-refractivity contribution in [2.45, 2.75) is 39.3 Å². The van der Waals surface area contributed by atoms with Gasteiger partial charge in [0.1, 0.15) is 22.9 Å². The SMILES string of the molecule is COc1ccc(-c2nc(CN3CCCC3c3nonc3C)c(C)o2)cc1. The van der Waals surface area contributed by atoms with E-state index in [1.165, 1.54) is 0 Å². The van der Waals surface area contributed by atoms with Crippen LogP contribution in [0, 0.1) is 13.8 Å². The molecule has 3 aromatic rings. The molecule has 0 radical (unpaired) electrons. The predicted molar refractivity (Wildman–Crippen MR) is 94.6 cm³/mol. The van der Waals surface area contributed by atoms with E-state index in [0.29, 0.717) is 5.89 Å². The summed E-state index contributed by atoms with van der Waals surface area (Å²) in [6, 6.07) is 7.95. The molecule has 0 N–H and O–H groups in total. The van der Waals surface area contributed by atoms with Crippen LogP contribution in [0.4, 0.5) is 0 Å². The van der Waals surface area contributed by atoms with Crippen molar-refractivity contribution in [3.05, 3.63) is 47.1 Å². The lowest BCUT2D eigenvalue weighted by Gasteiger charge is -2.21. The molecule has 1 aliphatic rings. The number of rotatable bonds is 5. The monoisotopic (exact) mass is 354 g/mol. The van der Waals surface area contributed by atoms with Gasteiger partial charge < -0.3 is 9.15 Å². The molecule has 1 unspecified atom stereocenters. The largest absolute Gasteiger partial charge is 0.497 e. The second-order valence-electron chi connectivity index (χ2n) is 6.61. The smallest absolute Gasteiger partial charge is 0.226 e. The third-order valence-electron chi connectivity index (χ3n) is 4.95. The van der Waals surface area contributed by atoms with Crippen LogP contribution in [0.5, 0.6) is 5.75 Å². The summed E-state index contributed by atoms with van der Waals surface area (Å²) in [4.78, 5) is 7.10. The van der Waals surface area contributed by atoms with Gasteiger partial charge in [0.15, 0.2) is 0 Å². The zero-order valence-corrected chi connectivity index (χ0v) is 15.2. The minimum Gasteiger partial charge on any atom is -0.497 e. The fourth-order valence-corrected chi connectivity index (χ4v) is 3.49. The summed E-state index contributed by atoms with van der Waals surface area (Å²) in [5, 5.41) is 8.02. The molecule has 1 aromatic carbocycles. The van der Waals surface area contributed by atoms with E-state index in [1.54, 1.807) is 7.11 Å². The van der Waals surface area contributed by atoms with Crippen molar-refractivity contribution in [1.82, 2.24) is 20.2 Å². The van der Waals surface area contributed by atoms with Crippen LogP contribution in [0.2, 0.25) is 0 Å². The van der Waals surface area contributed by atoms with Crippen LogP contribution < -0.4 is 4.74 Å². The molecule has 1 fully saturated rings. The predicted octanol–water partition coefficient (Wildman–Crippen LogP) is 3.69. The zero-order chi connectivity index (χ0) is 18.1. The highest BCUT2D eigenvalue weighted by Crippen LogP contribution is 2.34. The molecule has 1 aliphatic heterocycles. The van der Waals surface area contributed by atoms with Gasteiger partial charge in [-0.1, -0.05) is 10.3 Å². The van der Waals surface area contributed by atoms with Gasteiger partial charge in [-0.2, -0.15) is 0 Å². The van der Waals surface area contributed by atoms with Gasteiger partial charge in [-0.05, 0) is 57.5 Å². The minimum atomic E-state index is 0.224. The van der Waals surface area contributed by atoms with Crippen molar-refractivity contribution in [1.29, 1.82) is 0 Å². The van der Waals surface area contributed by atoms with Crippen LogP contribution in [0.3, 0.4) is 0 Å².